The van der Waals surface area contributed by atoms with Crippen LogP contribution in [0.1, 0.15) is 23.0 Å². The predicted molar refractivity (Wildman–Crippen MR) is 127 cm³/mol. The number of carbonyl (C=O) groups excluding carboxylic acids is 3. The topological polar surface area (TPSA) is 116 Å². The molecule has 0 unspecified atom stereocenters. The van der Waals surface area contributed by atoms with Crippen LogP contribution in [-0.4, -0.2) is 50.2 Å². The van der Waals surface area contributed by atoms with Gasteiger partial charge in [0, 0.05) is 6.42 Å². The highest BCUT2D eigenvalue weighted by Crippen LogP contribution is 2.17. The van der Waals surface area contributed by atoms with Gasteiger partial charge in [0.2, 0.25) is 0 Å². The van der Waals surface area contributed by atoms with Crippen molar-refractivity contribution in [3.63, 3.8) is 0 Å². The number of hydrogen-bond donors (Lipinski definition) is 2. The van der Waals surface area contributed by atoms with Crippen molar-refractivity contribution in [2.24, 2.45) is 0 Å². The highest BCUT2D eigenvalue weighted by molar-refractivity contribution is 5.94. The van der Waals surface area contributed by atoms with Crippen LogP contribution >= 0.6 is 0 Å². The van der Waals surface area contributed by atoms with Crippen molar-refractivity contribution in [2.75, 3.05) is 26.4 Å². The smallest absolute Gasteiger partial charge is 0.329 e. The number of carbonyl (C=O) groups is 3. The molecule has 0 aliphatic carbocycles. The molecule has 1 heterocycles. The Morgan fingerprint density at radius 2 is 1.63 bits per heavy atom. The van der Waals surface area contributed by atoms with Gasteiger partial charge in [-0.2, -0.15) is 0 Å². The molecule has 2 N–H and O–H groups in total. The average molecular weight is 481 g/mol. The molecule has 1 aromatic heterocycles. The summed E-state index contributed by atoms with van der Waals surface area (Å²) in [4.78, 5) is 37.1. The monoisotopic (exact) mass is 480 g/mol. The lowest BCUT2D eigenvalue weighted by molar-refractivity contribution is -0.150. The van der Waals surface area contributed by atoms with Crippen molar-refractivity contribution >= 4 is 17.8 Å². The Morgan fingerprint density at radius 1 is 0.914 bits per heavy atom. The first kappa shape index (κ1) is 25.4. The van der Waals surface area contributed by atoms with E-state index in [4.69, 9.17) is 18.6 Å². The van der Waals surface area contributed by atoms with Gasteiger partial charge in [-0.3, -0.25) is 9.59 Å². The third kappa shape index (κ3) is 8.54. The van der Waals surface area contributed by atoms with Crippen LogP contribution in [0.3, 0.4) is 0 Å². The van der Waals surface area contributed by atoms with Gasteiger partial charge in [0.1, 0.15) is 24.1 Å². The van der Waals surface area contributed by atoms with Crippen LogP contribution in [-0.2, 0) is 20.7 Å². The normalized spacial score (nSPS) is 11.2. The van der Waals surface area contributed by atoms with Crippen LogP contribution in [0.2, 0.25) is 0 Å². The molecule has 9 heteroatoms. The van der Waals surface area contributed by atoms with Crippen molar-refractivity contribution in [2.45, 2.75) is 19.4 Å². The van der Waals surface area contributed by atoms with E-state index in [2.05, 4.69) is 10.6 Å². The minimum Gasteiger partial charge on any atom is -0.494 e. The first-order valence-electron chi connectivity index (χ1n) is 11.2. The molecule has 2 aromatic carbocycles. The maximum absolute atomic E-state index is 12.7. The highest BCUT2D eigenvalue weighted by Gasteiger charge is 2.25. The zero-order valence-corrected chi connectivity index (χ0v) is 19.4. The Bertz CT molecular complexity index is 1070. The molecule has 1 atom stereocenters. The molecular weight excluding hydrogens is 452 g/mol. The second kappa shape index (κ2) is 13.4. The lowest BCUT2D eigenvalue weighted by Crippen LogP contribution is -2.44. The molecule has 0 saturated heterocycles. The number of benzene rings is 2. The number of rotatable bonds is 13. The molecule has 0 bridgehead atoms. The summed E-state index contributed by atoms with van der Waals surface area (Å²) in [5, 5.41) is 5.23. The Morgan fingerprint density at radius 3 is 2.29 bits per heavy atom. The van der Waals surface area contributed by atoms with Gasteiger partial charge < -0.3 is 29.3 Å². The molecule has 35 heavy (non-hydrogen) atoms. The molecule has 9 nitrogen and oxygen atoms in total. The molecule has 0 saturated carbocycles. The fraction of sp³-hybridized carbons (Fsp3) is 0.269. The van der Waals surface area contributed by atoms with Gasteiger partial charge >= 0.3 is 5.97 Å². The predicted octanol–water partition coefficient (Wildman–Crippen LogP) is 2.76. The minimum atomic E-state index is -0.995. The van der Waals surface area contributed by atoms with Crippen LogP contribution in [0.5, 0.6) is 11.5 Å². The highest BCUT2D eigenvalue weighted by atomic mass is 16.5. The molecule has 3 aromatic rings. The Kier molecular flexibility index (Phi) is 9.74. The number of furan rings is 1. The van der Waals surface area contributed by atoms with Crippen molar-refractivity contribution in [1.29, 1.82) is 0 Å². The summed E-state index contributed by atoms with van der Waals surface area (Å²) in [6, 6.07) is 18.4. The van der Waals surface area contributed by atoms with Crippen molar-refractivity contribution < 1.29 is 33.0 Å². The maximum atomic E-state index is 12.7. The number of hydrogen-bond acceptors (Lipinski definition) is 7. The first-order valence-corrected chi connectivity index (χ1v) is 11.2. The summed E-state index contributed by atoms with van der Waals surface area (Å²) in [5.74, 6) is -0.296. The quantitative estimate of drug-likeness (QED) is 0.285. The second-order valence-corrected chi connectivity index (χ2v) is 7.40. The van der Waals surface area contributed by atoms with E-state index in [1.54, 1.807) is 30.3 Å². The maximum Gasteiger partial charge on any atom is 0.329 e. The Labute approximate surface area is 203 Å². The molecule has 184 valence electrons. The molecule has 0 spiro atoms. The van der Waals surface area contributed by atoms with Gasteiger partial charge in [-0.05, 0) is 48.9 Å². The number of ether oxygens (including phenoxy) is 3. The van der Waals surface area contributed by atoms with Crippen LogP contribution in [0.4, 0.5) is 0 Å². The molecule has 3 rings (SSSR count). The van der Waals surface area contributed by atoms with Gasteiger partial charge in [0.05, 0.1) is 19.4 Å². The SMILES string of the molecule is CCOc1ccc(OCCNC(=O)COC(=O)[C@H](Cc2ccccc2)NC(=O)c2ccco2)cc1. The average Bonchev–Trinajstić information content (AvgIpc) is 3.42. The lowest BCUT2D eigenvalue weighted by atomic mass is 10.1. The van der Waals surface area contributed by atoms with Gasteiger partial charge in [0.15, 0.2) is 12.4 Å². The molecule has 0 radical (unpaired) electrons. The third-order valence-corrected chi connectivity index (χ3v) is 4.79. The minimum absolute atomic E-state index is 0.0705. The van der Waals surface area contributed by atoms with E-state index in [1.807, 2.05) is 37.3 Å². The van der Waals surface area contributed by atoms with E-state index < -0.39 is 30.4 Å². The van der Waals surface area contributed by atoms with Crippen LogP contribution in [0.25, 0.3) is 0 Å². The van der Waals surface area contributed by atoms with E-state index in [1.165, 1.54) is 12.3 Å². The largest absolute Gasteiger partial charge is 0.494 e. The molecule has 2 amide bonds. The van der Waals surface area contributed by atoms with Crippen LogP contribution in [0, 0.1) is 0 Å². The number of amides is 2. The van der Waals surface area contributed by atoms with Gasteiger partial charge in [-0.15, -0.1) is 0 Å². The molecular formula is C26H28N2O7. The zero-order chi connectivity index (χ0) is 24.9. The summed E-state index contributed by atoms with van der Waals surface area (Å²) in [6.45, 7) is 2.48. The van der Waals surface area contributed by atoms with Crippen LogP contribution < -0.4 is 20.1 Å². The third-order valence-electron chi connectivity index (χ3n) is 4.79. The van der Waals surface area contributed by atoms with E-state index in [0.717, 1.165) is 11.3 Å². The number of nitrogens with one attached hydrogen (secondary N) is 2. The molecule has 0 fully saturated rings. The first-order chi connectivity index (χ1) is 17.0. The zero-order valence-electron chi connectivity index (χ0n) is 19.4. The van der Waals surface area contributed by atoms with Gasteiger partial charge in [-0.25, -0.2) is 4.79 Å². The fourth-order valence-electron chi connectivity index (χ4n) is 3.13. The van der Waals surface area contributed by atoms with Crippen LogP contribution in [0.15, 0.2) is 77.4 Å². The standard InChI is InChI=1S/C26H28N2O7/c1-2-32-20-10-12-21(13-11-20)33-16-14-27-24(29)18-35-26(31)22(17-19-7-4-3-5-8-19)28-25(30)23-9-6-15-34-23/h3-13,15,22H,2,14,16-18H2,1H3,(H,27,29)(H,28,30)/t22-/m0/s1. The summed E-state index contributed by atoms with van der Waals surface area (Å²) in [6.07, 6.45) is 1.56. The Balaban J connectivity index is 1.44. The molecule has 0 aliphatic heterocycles. The van der Waals surface area contributed by atoms with Crippen molar-refractivity contribution in [1.82, 2.24) is 10.6 Å². The van der Waals surface area contributed by atoms with E-state index in [0.29, 0.717) is 12.4 Å². The van der Waals surface area contributed by atoms with Crippen molar-refractivity contribution in [3.05, 3.63) is 84.3 Å². The van der Waals surface area contributed by atoms with E-state index >= 15 is 0 Å². The van der Waals surface area contributed by atoms with E-state index in [-0.39, 0.29) is 25.3 Å². The second-order valence-electron chi connectivity index (χ2n) is 7.40. The summed E-state index contributed by atoms with van der Waals surface area (Å²) in [7, 11) is 0. The van der Waals surface area contributed by atoms with Gasteiger partial charge in [0.25, 0.3) is 11.8 Å². The molecule has 0 aliphatic rings. The van der Waals surface area contributed by atoms with Gasteiger partial charge in [-0.1, -0.05) is 30.3 Å². The van der Waals surface area contributed by atoms with E-state index in [9.17, 15) is 14.4 Å². The number of esters is 1. The van der Waals surface area contributed by atoms with Crippen molar-refractivity contribution in [3.8, 4) is 11.5 Å². The summed E-state index contributed by atoms with van der Waals surface area (Å²) < 4.78 is 21.2. The Hall–Kier alpha value is -4.27. The summed E-state index contributed by atoms with van der Waals surface area (Å²) >= 11 is 0. The fourth-order valence-corrected chi connectivity index (χ4v) is 3.13. The lowest BCUT2D eigenvalue weighted by Gasteiger charge is -2.17. The summed E-state index contributed by atoms with van der Waals surface area (Å²) in [5.41, 5.74) is 0.824.